The van der Waals surface area contributed by atoms with Gasteiger partial charge in [0.25, 0.3) is 5.56 Å². The summed E-state index contributed by atoms with van der Waals surface area (Å²) in [6, 6.07) is 26.5. The molecule has 0 saturated carbocycles. The molecule has 1 saturated heterocycles. The van der Waals surface area contributed by atoms with Crippen LogP contribution in [0.5, 0.6) is 0 Å². The number of imidazole rings is 1. The van der Waals surface area contributed by atoms with Crippen LogP contribution in [0.3, 0.4) is 0 Å². The molecule has 3 heterocycles. The van der Waals surface area contributed by atoms with Crippen molar-refractivity contribution in [3.05, 3.63) is 89.5 Å². The Labute approximate surface area is 221 Å². The van der Waals surface area contributed by atoms with E-state index in [1.54, 1.807) is 0 Å². The minimum absolute atomic E-state index is 0.0171. The van der Waals surface area contributed by atoms with Crippen LogP contribution in [0.4, 0.5) is 5.95 Å². The van der Waals surface area contributed by atoms with Crippen molar-refractivity contribution in [3.63, 3.8) is 0 Å². The number of H-pyrrole nitrogens is 1. The van der Waals surface area contributed by atoms with Gasteiger partial charge in [0.15, 0.2) is 11.2 Å². The summed E-state index contributed by atoms with van der Waals surface area (Å²) in [7, 11) is 0. The second kappa shape index (κ2) is 9.02. The van der Waals surface area contributed by atoms with Crippen molar-refractivity contribution in [2.75, 3.05) is 12.3 Å². The summed E-state index contributed by atoms with van der Waals surface area (Å²) in [5, 5.41) is 29.6. The lowest BCUT2D eigenvalue weighted by molar-refractivity contribution is -0.0432. The lowest BCUT2D eigenvalue weighted by Gasteiger charge is -2.13. The van der Waals surface area contributed by atoms with Gasteiger partial charge in [-0.05, 0) is 49.2 Å². The van der Waals surface area contributed by atoms with Gasteiger partial charge in [-0.1, -0.05) is 66.7 Å². The molecule has 7 aromatic rings. The lowest BCUT2D eigenvalue weighted by Crippen LogP contribution is -2.24. The van der Waals surface area contributed by atoms with Crippen molar-refractivity contribution in [1.82, 2.24) is 19.5 Å². The number of nitrogen functional groups attached to an aromatic ring is 1. The van der Waals surface area contributed by atoms with E-state index in [1.165, 1.54) is 54.0 Å². The minimum atomic E-state index is -0.771. The Balaban J connectivity index is 0.000000130. The maximum Gasteiger partial charge on any atom is 0.280 e. The molecule has 194 valence electrons. The van der Waals surface area contributed by atoms with E-state index < -0.39 is 24.0 Å². The van der Waals surface area contributed by atoms with Crippen molar-refractivity contribution in [2.24, 2.45) is 0 Å². The van der Waals surface area contributed by atoms with Gasteiger partial charge in [0.1, 0.15) is 12.3 Å². The SMILES string of the molecule is Nc1nc2c(ncn2[C@H]2C[C@H](O)[C@@H](CO)O2)c(=O)[nH]1.c1ccc2c(c1)cc1ccc3cccc4ccc2c1c34. The number of nitrogens with one attached hydrogen (secondary N) is 1. The molecule has 0 unspecified atom stereocenters. The summed E-state index contributed by atoms with van der Waals surface area (Å²) in [4.78, 5) is 22.0. The second-order valence-corrected chi connectivity index (χ2v) is 9.84. The summed E-state index contributed by atoms with van der Waals surface area (Å²) < 4.78 is 7.01. The molecule has 9 nitrogen and oxygen atoms in total. The Kier molecular flexibility index (Phi) is 5.44. The molecule has 2 aromatic heterocycles. The number of aromatic amines is 1. The third kappa shape index (κ3) is 3.78. The topological polar surface area (TPSA) is 139 Å². The predicted molar refractivity (Wildman–Crippen MR) is 152 cm³/mol. The maximum absolute atomic E-state index is 11.6. The van der Waals surface area contributed by atoms with Crippen molar-refractivity contribution in [1.29, 1.82) is 0 Å². The first-order valence-electron chi connectivity index (χ1n) is 12.7. The summed E-state index contributed by atoms with van der Waals surface area (Å²) >= 11 is 0. The number of aliphatic hydroxyl groups is 2. The Morgan fingerprint density at radius 1 is 0.949 bits per heavy atom. The van der Waals surface area contributed by atoms with Gasteiger partial charge in [-0.2, -0.15) is 4.98 Å². The van der Waals surface area contributed by atoms with Crippen LogP contribution < -0.4 is 11.3 Å². The van der Waals surface area contributed by atoms with E-state index in [1.807, 2.05) is 0 Å². The number of benzene rings is 5. The standard InChI is InChI=1S/C20H12.C10H13N5O4/c1-2-7-17-15(4-1)12-16-9-8-13-5-3-6-14-10-11-18(17)20(16)19(13)14;11-10-13-8-7(9(18)14-10)12-3-15(8)6-1-4(17)5(2-16)19-6/h1-12H;3-6,16-17H,1-2H2,(H3,11,13,14,18)/t;4-,5+,6+/m.0/s1. The van der Waals surface area contributed by atoms with Crippen LogP contribution in [0.2, 0.25) is 0 Å². The first-order valence-corrected chi connectivity index (χ1v) is 12.7. The highest BCUT2D eigenvalue weighted by Gasteiger charge is 2.35. The largest absolute Gasteiger partial charge is 0.394 e. The number of ether oxygens (including phenoxy) is 1. The van der Waals surface area contributed by atoms with E-state index >= 15 is 0 Å². The molecular formula is C30H25N5O4. The van der Waals surface area contributed by atoms with Crippen molar-refractivity contribution >= 4 is 60.2 Å². The maximum atomic E-state index is 11.6. The molecule has 1 fully saturated rings. The Morgan fingerprint density at radius 2 is 1.69 bits per heavy atom. The highest BCUT2D eigenvalue weighted by Crippen LogP contribution is 2.38. The molecule has 3 atom stereocenters. The van der Waals surface area contributed by atoms with Crippen molar-refractivity contribution in [3.8, 4) is 0 Å². The van der Waals surface area contributed by atoms with E-state index in [-0.39, 0.29) is 30.1 Å². The van der Waals surface area contributed by atoms with Gasteiger partial charge >= 0.3 is 0 Å². The third-order valence-electron chi connectivity index (χ3n) is 7.52. The molecule has 8 rings (SSSR count). The molecule has 1 aliphatic heterocycles. The summed E-state index contributed by atoms with van der Waals surface area (Å²) in [5.41, 5.74) is 5.50. The first-order chi connectivity index (χ1) is 19.0. The Morgan fingerprint density at radius 3 is 2.49 bits per heavy atom. The highest BCUT2D eigenvalue weighted by atomic mass is 16.5. The monoisotopic (exact) mass is 519 g/mol. The van der Waals surface area contributed by atoms with Crippen LogP contribution in [0, 0.1) is 0 Å². The van der Waals surface area contributed by atoms with Crippen LogP contribution in [0.15, 0.2) is 83.9 Å². The fourth-order valence-corrected chi connectivity index (χ4v) is 5.69. The number of rotatable bonds is 2. The number of aromatic nitrogens is 4. The number of hydrogen-bond donors (Lipinski definition) is 4. The molecule has 0 aliphatic carbocycles. The zero-order valence-electron chi connectivity index (χ0n) is 20.8. The highest BCUT2D eigenvalue weighted by molar-refractivity contribution is 6.28. The molecular weight excluding hydrogens is 494 g/mol. The van der Waals surface area contributed by atoms with Gasteiger partial charge in [0, 0.05) is 6.42 Å². The van der Waals surface area contributed by atoms with E-state index in [4.69, 9.17) is 15.6 Å². The molecule has 0 amide bonds. The minimum Gasteiger partial charge on any atom is -0.394 e. The van der Waals surface area contributed by atoms with Gasteiger partial charge in [-0.3, -0.25) is 14.3 Å². The van der Waals surface area contributed by atoms with Crippen molar-refractivity contribution in [2.45, 2.75) is 24.9 Å². The molecule has 0 radical (unpaired) electrons. The summed E-state index contributed by atoms with van der Waals surface area (Å²) in [6.45, 7) is -0.277. The van der Waals surface area contributed by atoms with Crippen molar-refractivity contribution < 1.29 is 14.9 Å². The predicted octanol–water partition coefficient (Wildman–Crippen LogP) is 4.08. The number of anilines is 1. The quantitative estimate of drug-likeness (QED) is 0.199. The fraction of sp³-hybridized carbons (Fsp3) is 0.167. The van der Waals surface area contributed by atoms with E-state index in [2.05, 4.69) is 87.7 Å². The zero-order valence-corrected chi connectivity index (χ0v) is 20.8. The average Bonchev–Trinajstić information content (AvgIpc) is 3.54. The molecule has 1 aliphatic rings. The molecule has 39 heavy (non-hydrogen) atoms. The third-order valence-corrected chi connectivity index (χ3v) is 7.52. The van der Waals surface area contributed by atoms with Gasteiger partial charge < -0.3 is 20.7 Å². The lowest BCUT2D eigenvalue weighted by atomic mass is 9.91. The first kappa shape index (κ1) is 23.5. The second-order valence-electron chi connectivity index (χ2n) is 9.84. The normalized spacial score (nSPS) is 19.4. The van der Waals surface area contributed by atoms with Gasteiger partial charge in [0.05, 0.1) is 19.0 Å². The average molecular weight is 520 g/mol. The Bertz CT molecular complexity index is 2030. The van der Waals surface area contributed by atoms with Crippen LogP contribution in [-0.4, -0.2) is 48.5 Å². The van der Waals surface area contributed by atoms with E-state index in [0.717, 1.165) is 0 Å². The molecule has 0 bridgehead atoms. The van der Waals surface area contributed by atoms with Gasteiger partial charge in [0.2, 0.25) is 5.95 Å². The zero-order chi connectivity index (χ0) is 26.7. The Hall–Kier alpha value is -4.57. The molecule has 5 aromatic carbocycles. The summed E-state index contributed by atoms with van der Waals surface area (Å²) in [6.07, 6.45) is -0.270. The fourth-order valence-electron chi connectivity index (χ4n) is 5.69. The van der Waals surface area contributed by atoms with Crippen LogP contribution >= 0.6 is 0 Å². The number of hydrogen-bond acceptors (Lipinski definition) is 7. The molecule has 0 spiro atoms. The van der Waals surface area contributed by atoms with Gasteiger partial charge in [-0.25, -0.2) is 4.98 Å². The van der Waals surface area contributed by atoms with E-state index in [9.17, 15) is 9.90 Å². The molecule has 5 N–H and O–H groups in total. The molecule has 9 heteroatoms. The summed E-state index contributed by atoms with van der Waals surface area (Å²) in [5.74, 6) is -0.0171. The van der Waals surface area contributed by atoms with Crippen LogP contribution in [0.1, 0.15) is 12.6 Å². The van der Waals surface area contributed by atoms with Crippen LogP contribution in [-0.2, 0) is 4.74 Å². The number of fused-ring (bicyclic) bond motifs is 3. The smallest absolute Gasteiger partial charge is 0.280 e. The van der Waals surface area contributed by atoms with Gasteiger partial charge in [-0.15, -0.1) is 0 Å². The van der Waals surface area contributed by atoms with Crippen LogP contribution in [0.25, 0.3) is 54.3 Å². The number of nitrogens with two attached hydrogens (primary N) is 1. The number of nitrogens with zero attached hydrogens (tertiary/aromatic N) is 3. The number of aliphatic hydroxyl groups excluding tert-OH is 2. The van der Waals surface area contributed by atoms with E-state index in [0.29, 0.717) is 0 Å².